The van der Waals surface area contributed by atoms with Crippen molar-refractivity contribution in [3.05, 3.63) is 0 Å². The molecule has 0 aromatic heterocycles. The lowest BCUT2D eigenvalue weighted by molar-refractivity contribution is -0.144. The lowest BCUT2D eigenvalue weighted by Crippen LogP contribution is -2.46. The van der Waals surface area contributed by atoms with Crippen molar-refractivity contribution < 1.29 is 20.1 Å². The average molecular weight is 245 g/mol. The molecule has 0 heterocycles. The van der Waals surface area contributed by atoms with Gasteiger partial charge in [0.25, 0.3) is 0 Å². The van der Waals surface area contributed by atoms with E-state index in [1.54, 1.807) is 0 Å². The van der Waals surface area contributed by atoms with Crippen LogP contribution in [0.25, 0.3) is 0 Å². The van der Waals surface area contributed by atoms with Crippen LogP contribution in [-0.4, -0.2) is 46.1 Å². The Bertz CT molecular complexity index is 249. The minimum atomic E-state index is -0.782. The highest BCUT2D eigenvalue weighted by molar-refractivity contribution is 5.70. The monoisotopic (exact) mass is 245 g/mol. The van der Waals surface area contributed by atoms with Gasteiger partial charge >= 0.3 is 5.97 Å². The zero-order valence-electron chi connectivity index (χ0n) is 10.4. The Morgan fingerprint density at radius 1 is 1.47 bits per heavy atom. The lowest BCUT2D eigenvalue weighted by Gasteiger charge is -2.35. The molecule has 1 fully saturated rings. The molecule has 5 heteroatoms. The number of aliphatic hydroxyl groups is 2. The van der Waals surface area contributed by atoms with Crippen molar-refractivity contribution >= 4 is 5.97 Å². The molecule has 1 unspecified atom stereocenters. The van der Waals surface area contributed by atoms with E-state index in [9.17, 15) is 9.90 Å². The Labute approximate surface area is 102 Å². The first-order valence-electron chi connectivity index (χ1n) is 6.26. The Hall–Kier alpha value is -0.650. The van der Waals surface area contributed by atoms with E-state index in [1.165, 1.54) is 0 Å². The average Bonchev–Trinajstić information content (AvgIpc) is 2.28. The summed E-state index contributed by atoms with van der Waals surface area (Å²) in [5.74, 6) is -1.06. The predicted octanol–water partition coefficient (Wildman–Crippen LogP) is 0.353. The first-order valence-corrected chi connectivity index (χ1v) is 6.26. The molecular formula is C12H23NO4. The van der Waals surface area contributed by atoms with Gasteiger partial charge in [-0.25, -0.2) is 0 Å². The fraction of sp³-hybridized carbons (Fsp3) is 0.917. The van der Waals surface area contributed by atoms with Crippen LogP contribution < -0.4 is 5.32 Å². The zero-order valence-corrected chi connectivity index (χ0v) is 10.4. The quantitative estimate of drug-likeness (QED) is 0.542. The summed E-state index contributed by atoms with van der Waals surface area (Å²) in [4.78, 5) is 10.8. The number of aliphatic hydroxyl groups excluding tert-OH is 1. The fourth-order valence-electron chi connectivity index (χ4n) is 2.24. The Morgan fingerprint density at radius 3 is 2.53 bits per heavy atom. The Morgan fingerprint density at radius 2 is 2.06 bits per heavy atom. The molecule has 0 radical (unpaired) electrons. The fourth-order valence-corrected chi connectivity index (χ4v) is 2.24. The van der Waals surface area contributed by atoms with Crippen molar-refractivity contribution in [2.45, 2.75) is 50.7 Å². The molecule has 1 aliphatic rings. The highest BCUT2D eigenvalue weighted by atomic mass is 16.4. The van der Waals surface area contributed by atoms with Crippen LogP contribution in [0.4, 0.5) is 0 Å². The molecule has 0 aliphatic heterocycles. The van der Waals surface area contributed by atoms with E-state index >= 15 is 0 Å². The van der Waals surface area contributed by atoms with Crippen molar-refractivity contribution in [1.82, 2.24) is 5.32 Å². The highest BCUT2D eigenvalue weighted by Gasteiger charge is 2.35. The third-order valence-corrected chi connectivity index (χ3v) is 3.61. The van der Waals surface area contributed by atoms with Crippen LogP contribution in [0, 0.1) is 5.92 Å². The highest BCUT2D eigenvalue weighted by Crippen LogP contribution is 2.31. The molecule has 100 valence electrons. The van der Waals surface area contributed by atoms with E-state index in [0.717, 1.165) is 0 Å². The SMILES string of the molecule is CC(CCO)NCC1(O)CCC(C(=O)O)CC1. The number of carboxylic acids is 1. The maximum absolute atomic E-state index is 10.8. The molecule has 5 nitrogen and oxygen atoms in total. The summed E-state index contributed by atoms with van der Waals surface area (Å²) < 4.78 is 0. The number of aliphatic carboxylic acids is 1. The minimum Gasteiger partial charge on any atom is -0.481 e. The first kappa shape index (κ1) is 14.4. The predicted molar refractivity (Wildman–Crippen MR) is 63.7 cm³/mol. The summed E-state index contributed by atoms with van der Waals surface area (Å²) >= 11 is 0. The summed E-state index contributed by atoms with van der Waals surface area (Å²) in [6.07, 6.45) is 2.81. The van der Waals surface area contributed by atoms with E-state index in [2.05, 4.69) is 5.32 Å². The number of hydrogen-bond acceptors (Lipinski definition) is 4. The summed E-state index contributed by atoms with van der Waals surface area (Å²) in [5.41, 5.74) is -0.782. The van der Waals surface area contributed by atoms with Crippen LogP contribution in [0.1, 0.15) is 39.0 Å². The molecule has 1 aliphatic carbocycles. The van der Waals surface area contributed by atoms with Crippen LogP contribution in [0.2, 0.25) is 0 Å². The third-order valence-electron chi connectivity index (χ3n) is 3.61. The van der Waals surface area contributed by atoms with Gasteiger partial charge in [0.1, 0.15) is 0 Å². The molecule has 1 saturated carbocycles. The maximum atomic E-state index is 10.8. The van der Waals surface area contributed by atoms with Gasteiger partial charge in [-0.2, -0.15) is 0 Å². The van der Waals surface area contributed by atoms with Gasteiger partial charge in [-0.3, -0.25) is 4.79 Å². The topological polar surface area (TPSA) is 89.8 Å². The smallest absolute Gasteiger partial charge is 0.306 e. The van der Waals surface area contributed by atoms with Crippen molar-refractivity contribution in [2.75, 3.05) is 13.2 Å². The normalized spacial score (nSPS) is 31.1. The van der Waals surface area contributed by atoms with Crippen LogP contribution in [0.5, 0.6) is 0 Å². The van der Waals surface area contributed by atoms with Crippen LogP contribution >= 0.6 is 0 Å². The van der Waals surface area contributed by atoms with Gasteiger partial charge in [-0.15, -0.1) is 0 Å². The van der Waals surface area contributed by atoms with Crippen molar-refractivity contribution in [3.63, 3.8) is 0 Å². The van der Waals surface area contributed by atoms with E-state index in [-0.39, 0.29) is 18.6 Å². The van der Waals surface area contributed by atoms with E-state index in [4.69, 9.17) is 10.2 Å². The summed E-state index contributed by atoms with van der Waals surface area (Å²) in [6.45, 7) is 2.57. The molecular weight excluding hydrogens is 222 g/mol. The number of carbonyl (C=O) groups is 1. The van der Waals surface area contributed by atoms with Gasteiger partial charge in [0.2, 0.25) is 0 Å². The van der Waals surface area contributed by atoms with Gasteiger partial charge in [-0.1, -0.05) is 0 Å². The number of carboxylic acid groups (broad SMARTS) is 1. The Kier molecular flexibility index (Phi) is 5.36. The van der Waals surface area contributed by atoms with E-state index < -0.39 is 11.6 Å². The summed E-state index contributed by atoms with van der Waals surface area (Å²) in [7, 11) is 0. The maximum Gasteiger partial charge on any atom is 0.306 e. The molecule has 0 saturated heterocycles. The number of hydrogen-bond donors (Lipinski definition) is 4. The largest absolute Gasteiger partial charge is 0.481 e. The van der Waals surface area contributed by atoms with Crippen molar-refractivity contribution in [2.24, 2.45) is 5.92 Å². The molecule has 0 bridgehead atoms. The van der Waals surface area contributed by atoms with E-state index in [1.807, 2.05) is 6.92 Å². The molecule has 0 aromatic carbocycles. The van der Waals surface area contributed by atoms with Crippen molar-refractivity contribution in [1.29, 1.82) is 0 Å². The van der Waals surface area contributed by atoms with Crippen LogP contribution in [-0.2, 0) is 4.79 Å². The van der Waals surface area contributed by atoms with Crippen molar-refractivity contribution in [3.8, 4) is 0 Å². The van der Waals surface area contributed by atoms with Gasteiger partial charge in [0.15, 0.2) is 0 Å². The molecule has 1 rings (SSSR count). The minimum absolute atomic E-state index is 0.133. The van der Waals surface area contributed by atoms with Gasteiger partial charge in [0, 0.05) is 19.2 Å². The van der Waals surface area contributed by atoms with Crippen LogP contribution in [0.15, 0.2) is 0 Å². The molecule has 0 spiro atoms. The second kappa shape index (κ2) is 6.33. The number of nitrogens with one attached hydrogen (secondary N) is 1. The second-order valence-corrected chi connectivity index (χ2v) is 5.13. The van der Waals surface area contributed by atoms with Gasteiger partial charge < -0.3 is 20.6 Å². The van der Waals surface area contributed by atoms with Gasteiger partial charge in [0.05, 0.1) is 11.5 Å². The molecule has 0 amide bonds. The molecule has 1 atom stereocenters. The second-order valence-electron chi connectivity index (χ2n) is 5.13. The molecule has 17 heavy (non-hydrogen) atoms. The van der Waals surface area contributed by atoms with E-state index in [0.29, 0.717) is 38.6 Å². The molecule has 4 N–H and O–H groups in total. The van der Waals surface area contributed by atoms with Gasteiger partial charge in [-0.05, 0) is 39.0 Å². The first-order chi connectivity index (χ1) is 7.97. The summed E-state index contributed by atoms with van der Waals surface area (Å²) in [5, 5.41) is 31.1. The third kappa shape index (κ3) is 4.61. The number of rotatable bonds is 6. The molecule has 0 aromatic rings. The van der Waals surface area contributed by atoms with Crippen LogP contribution in [0.3, 0.4) is 0 Å². The summed E-state index contributed by atoms with van der Waals surface area (Å²) in [6, 6.07) is 0.168. The standard InChI is InChI=1S/C12H23NO4/c1-9(4-7-14)13-8-12(17)5-2-10(3-6-12)11(15)16/h9-10,13-14,17H,2-8H2,1H3,(H,15,16). The zero-order chi connectivity index (χ0) is 12.9. The lowest BCUT2D eigenvalue weighted by atomic mass is 9.78. The Balaban J connectivity index is 2.31.